The number of carbonyl (C=O) groups excluding carboxylic acids is 1. The van der Waals surface area contributed by atoms with E-state index in [9.17, 15) is 18.0 Å². The Balaban J connectivity index is 1.75. The van der Waals surface area contributed by atoms with Crippen LogP contribution < -0.4 is 10.6 Å². The van der Waals surface area contributed by atoms with Crippen molar-refractivity contribution in [3.8, 4) is 0 Å². The summed E-state index contributed by atoms with van der Waals surface area (Å²) in [4.78, 5) is 13.3. The smallest absolute Gasteiger partial charge is 0.326 e. The molecule has 1 aromatic heterocycles. The summed E-state index contributed by atoms with van der Waals surface area (Å²) in [6.45, 7) is 5.54. The Hall–Kier alpha value is -3.69. The molecule has 0 saturated heterocycles. The van der Waals surface area contributed by atoms with Crippen LogP contribution in [0.15, 0.2) is 53.7 Å². The van der Waals surface area contributed by atoms with Gasteiger partial charge in [-0.05, 0) is 60.5 Å². The van der Waals surface area contributed by atoms with Crippen molar-refractivity contribution >= 4 is 17.5 Å². The number of amides is 1. The lowest BCUT2D eigenvalue weighted by Gasteiger charge is -2.28. The van der Waals surface area contributed by atoms with E-state index in [1.807, 2.05) is 32.0 Å². The van der Waals surface area contributed by atoms with Crippen molar-refractivity contribution in [2.75, 3.05) is 10.6 Å². The second kappa shape index (κ2) is 7.53. The Labute approximate surface area is 176 Å². The van der Waals surface area contributed by atoms with Crippen molar-refractivity contribution in [3.05, 3.63) is 76.0 Å². The third kappa shape index (κ3) is 3.88. The van der Waals surface area contributed by atoms with Crippen LogP contribution in [0.1, 0.15) is 35.2 Å². The van der Waals surface area contributed by atoms with Crippen molar-refractivity contribution in [2.24, 2.45) is 0 Å². The molecule has 31 heavy (non-hydrogen) atoms. The van der Waals surface area contributed by atoms with Gasteiger partial charge in [0.15, 0.2) is 0 Å². The summed E-state index contributed by atoms with van der Waals surface area (Å²) in [5.74, 6) is -0.103. The summed E-state index contributed by atoms with van der Waals surface area (Å²) in [5, 5.41) is 17.3. The van der Waals surface area contributed by atoms with Gasteiger partial charge in [-0.25, -0.2) is 0 Å². The predicted molar refractivity (Wildman–Crippen MR) is 108 cm³/mol. The first kappa shape index (κ1) is 20.6. The number of hydrogen-bond acceptors (Lipinski definition) is 5. The number of allylic oxidation sites excluding steroid dienone is 1. The number of aromatic nitrogens is 4. The lowest BCUT2D eigenvalue weighted by atomic mass is 9.94. The van der Waals surface area contributed by atoms with Gasteiger partial charge in [-0.15, -0.1) is 0 Å². The minimum absolute atomic E-state index is 0.297. The number of tetrazole rings is 1. The SMILES string of the molecule is CC1=C(C(=O)Nc2ccc(C)cc2C)[C@H](c2ccc(C(F)(F)F)cc2)n2nnnc2N1. The van der Waals surface area contributed by atoms with Gasteiger partial charge >= 0.3 is 6.18 Å². The van der Waals surface area contributed by atoms with Crippen molar-refractivity contribution < 1.29 is 18.0 Å². The topological polar surface area (TPSA) is 84.7 Å². The molecule has 10 heteroatoms. The molecule has 3 aromatic rings. The molecule has 1 aliphatic heterocycles. The van der Waals surface area contributed by atoms with Crippen LogP contribution >= 0.6 is 0 Å². The molecule has 4 rings (SSSR count). The molecule has 0 bridgehead atoms. The van der Waals surface area contributed by atoms with Gasteiger partial charge in [-0.3, -0.25) is 4.79 Å². The molecule has 0 aliphatic carbocycles. The van der Waals surface area contributed by atoms with E-state index in [-0.39, 0.29) is 0 Å². The van der Waals surface area contributed by atoms with Crippen LogP contribution in [0.3, 0.4) is 0 Å². The number of rotatable bonds is 3. The fourth-order valence-electron chi connectivity index (χ4n) is 3.61. The van der Waals surface area contributed by atoms with Crippen molar-refractivity contribution in [1.29, 1.82) is 0 Å². The fraction of sp³-hybridized carbons (Fsp3) is 0.238. The minimum atomic E-state index is -4.46. The average Bonchev–Trinajstić information content (AvgIpc) is 3.16. The van der Waals surface area contributed by atoms with E-state index in [0.29, 0.717) is 28.5 Å². The van der Waals surface area contributed by atoms with Crippen molar-refractivity contribution in [1.82, 2.24) is 20.2 Å². The van der Waals surface area contributed by atoms with Crippen molar-refractivity contribution in [2.45, 2.75) is 33.0 Å². The predicted octanol–water partition coefficient (Wildman–Crippen LogP) is 4.24. The highest BCUT2D eigenvalue weighted by Crippen LogP contribution is 2.37. The molecule has 2 heterocycles. The molecule has 2 N–H and O–H groups in total. The first-order chi connectivity index (χ1) is 14.6. The summed E-state index contributed by atoms with van der Waals surface area (Å²) in [6, 6.07) is 9.48. The molecule has 0 spiro atoms. The highest BCUT2D eigenvalue weighted by atomic mass is 19.4. The molecule has 0 radical (unpaired) electrons. The summed E-state index contributed by atoms with van der Waals surface area (Å²) in [7, 11) is 0. The third-order valence-electron chi connectivity index (χ3n) is 5.14. The van der Waals surface area contributed by atoms with Gasteiger partial charge in [0.25, 0.3) is 5.91 Å². The molecule has 7 nitrogen and oxygen atoms in total. The number of nitrogens with zero attached hydrogens (tertiary/aromatic N) is 4. The van der Waals surface area contributed by atoms with Crippen LogP contribution in [0.5, 0.6) is 0 Å². The van der Waals surface area contributed by atoms with Crippen molar-refractivity contribution in [3.63, 3.8) is 0 Å². The average molecular weight is 428 g/mol. The van der Waals surface area contributed by atoms with Gasteiger partial charge in [-0.2, -0.15) is 17.9 Å². The van der Waals surface area contributed by atoms with Crippen LogP contribution in [-0.4, -0.2) is 26.1 Å². The summed E-state index contributed by atoms with van der Waals surface area (Å²) in [5.41, 5.74) is 3.09. The number of hydrogen-bond donors (Lipinski definition) is 2. The van der Waals surface area contributed by atoms with E-state index in [0.717, 1.165) is 23.3 Å². The number of aryl methyl sites for hydroxylation is 2. The Morgan fingerprint density at radius 1 is 1.10 bits per heavy atom. The number of fused-ring (bicyclic) bond motifs is 1. The second-order valence-electron chi connectivity index (χ2n) is 7.41. The first-order valence-electron chi connectivity index (χ1n) is 9.46. The van der Waals surface area contributed by atoms with Crippen LogP contribution in [0.4, 0.5) is 24.8 Å². The van der Waals surface area contributed by atoms with E-state index in [1.165, 1.54) is 16.8 Å². The molecule has 0 unspecified atom stereocenters. The monoisotopic (exact) mass is 428 g/mol. The zero-order valence-corrected chi connectivity index (χ0v) is 16.9. The molecule has 2 aromatic carbocycles. The number of benzene rings is 2. The van der Waals surface area contributed by atoms with Gasteiger partial charge in [0.1, 0.15) is 6.04 Å². The zero-order valence-electron chi connectivity index (χ0n) is 16.9. The molecular formula is C21H19F3N6O. The number of nitrogens with one attached hydrogen (secondary N) is 2. The number of carbonyl (C=O) groups is 1. The number of halogens is 3. The standard InChI is InChI=1S/C21H19F3N6O/c1-11-4-9-16(12(2)10-11)26-19(31)17-13(3)25-20-27-28-29-30(20)18(17)14-5-7-15(8-6-14)21(22,23)24/h4-10,18H,1-3H3,(H,26,31)(H,25,27,29)/t18-/m0/s1. The molecular weight excluding hydrogens is 409 g/mol. The van der Waals surface area contributed by atoms with E-state index < -0.39 is 23.7 Å². The Morgan fingerprint density at radius 2 is 1.81 bits per heavy atom. The maximum atomic E-state index is 13.3. The Bertz CT molecular complexity index is 1180. The maximum absolute atomic E-state index is 13.3. The lowest BCUT2D eigenvalue weighted by Crippen LogP contribution is -2.31. The maximum Gasteiger partial charge on any atom is 0.416 e. The number of anilines is 2. The second-order valence-corrected chi connectivity index (χ2v) is 7.41. The quantitative estimate of drug-likeness (QED) is 0.652. The zero-order chi connectivity index (χ0) is 22.3. The third-order valence-corrected chi connectivity index (χ3v) is 5.14. The molecule has 1 amide bonds. The molecule has 0 saturated carbocycles. The van der Waals surface area contributed by atoms with Crippen LogP contribution in [0, 0.1) is 13.8 Å². The van der Waals surface area contributed by atoms with Gasteiger partial charge < -0.3 is 10.6 Å². The van der Waals surface area contributed by atoms with Crippen LogP contribution in [0.2, 0.25) is 0 Å². The minimum Gasteiger partial charge on any atom is -0.326 e. The van der Waals surface area contributed by atoms with E-state index in [1.54, 1.807) is 6.92 Å². The van der Waals surface area contributed by atoms with E-state index in [4.69, 9.17) is 0 Å². The largest absolute Gasteiger partial charge is 0.416 e. The highest BCUT2D eigenvalue weighted by molar-refractivity contribution is 6.06. The van der Waals surface area contributed by atoms with Crippen LogP contribution in [0.25, 0.3) is 0 Å². The summed E-state index contributed by atoms with van der Waals surface area (Å²) < 4.78 is 40.4. The summed E-state index contributed by atoms with van der Waals surface area (Å²) >= 11 is 0. The lowest BCUT2D eigenvalue weighted by molar-refractivity contribution is -0.137. The Morgan fingerprint density at radius 3 is 2.45 bits per heavy atom. The first-order valence-corrected chi connectivity index (χ1v) is 9.46. The highest BCUT2D eigenvalue weighted by Gasteiger charge is 2.35. The van der Waals surface area contributed by atoms with Crippen LogP contribution in [-0.2, 0) is 11.0 Å². The fourth-order valence-corrected chi connectivity index (χ4v) is 3.61. The molecule has 0 fully saturated rings. The van der Waals surface area contributed by atoms with Gasteiger partial charge in [0, 0.05) is 11.4 Å². The molecule has 1 atom stereocenters. The van der Waals surface area contributed by atoms with Gasteiger partial charge in [0.05, 0.1) is 11.1 Å². The van der Waals surface area contributed by atoms with E-state index >= 15 is 0 Å². The van der Waals surface area contributed by atoms with Gasteiger partial charge in [-0.1, -0.05) is 34.9 Å². The number of alkyl halides is 3. The molecule has 160 valence electrons. The normalized spacial score (nSPS) is 16.0. The Kier molecular flexibility index (Phi) is 5.00. The molecule has 1 aliphatic rings. The summed E-state index contributed by atoms with van der Waals surface area (Å²) in [6.07, 6.45) is -4.46. The van der Waals surface area contributed by atoms with Gasteiger partial charge in [0.2, 0.25) is 5.95 Å². The van der Waals surface area contributed by atoms with E-state index in [2.05, 4.69) is 26.2 Å².